The van der Waals surface area contributed by atoms with Crippen molar-refractivity contribution in [1.29, 1.82) is 0 Å². The van der Waals surface area contributed by atoms with Gasteiger partial charge in [-0.15, -0.1) is 16.7 Å². The number of anilines is 1. The van der Waals surface area contributed by atoms with Crippen LogP contribution in [-0.4, -0.2) is 68.5 Å². The minimum Gasteiger partial charge on any atom is -0.332 e. The van der Waals surface area contributed by atoms with E-state index in [1.807, 2.05) is 0 Å². The lowest BCUT2D eigenvalue weighted by Crippen LogP contribution is -2.41. The highest BCUT2D eigenvalue weighted by Crippen LogP contribution is 2.20. The molecule has 2 aromatic heterocycles. The molecule has 0 radical (unpaired) electrons. The van der Waals surface area contributed by atoms with Crippen molar-refractivity contribution in [2.45, 2.75) is 25.6 Å². The van der Waals surface area contributed by atoms with Crippen LogP contribution in [0, 0.1) is 0 Å². The van der Waals surface area contributed by atoms with Crippen molar-refractivity contribution >= 4 is 38.9 Å². The summed E-state index contributed by atoms with van der Waals surface area (Å²) in [5, 5.41) is 10.5. The second kappa shape index (κ2) is 8.65. The fraction of sp³-hybridized carbons (Fsp3) is 0.438. The van der Waals surface area contributed by atoms with Crippen molar-refractivity contribution < 1.29 is 18.0 Å². The number of rotatable bonds is 7. The molecule has 1 fully saturated rings. The summed E-state index contributed by atoms with van der Waals surface area (Å²) in [6.07, 6.45) is 5.03. The Hall–Kier alpha value is -2.53. The van der Waals surface area contributed by atoms with Gasteiger partial charge in [-0.2, -0.15) is 0 Å². The molecule has 28 heavy (non-hydrogen) atoms. The Morgan fingerprint density at radius 3 is 2.86 bits per heavy atom. The smallest absolute Gasteiger partial charge is 0.246 e. The zero-order valence-corrected chi connectivity index (χ0v) is 16.4. The Labute approximate surface area is 166 Å². The van der Waals surface area contributed by atoms with Gasteiger partial charge in [0.15, 0.2) is 9.84 Å². The largest absolute Gasteiger partial charge is 0.332 e. The van der Waals surface area contributed by atoms with Gasteiger partial charge in [-0.25, -0.2) is 13.1 Å². The van der Waals surface area contributed by atoms with E-state index in [2.05, 4.69) is 20.6 Å². The Morgan fingerprint density at radius 2 is 2.21 bits per heavy atom. The van der Waals surface area contributed by atoms with Crippen LogP contribution in [0.3, 0.4) is 0 Å². The quantitative estimate of drug-likeness (QED) is 0.620. The summed E-state index contributed by atoms with van der Waals surface area (Å²) in [5.74, 6) is -0.965. The topological polar surface area (TPSA) is 127 Å². The zero-order chi connectivity index (χ0) is 20.1. The summed E-state index contributed by atoms with van der Waals surface area (Å²) in [6, 6.07) is 2.98. The Balaban J connectivity index is 1.63. The van der Waals surface area contributed by atoms with E-state index in [0.29, 0.717) is 17.8 Å². The fourth-order valence-electron chi connectivity index (χ4n) is 2.97. The van der Waals surface area contributed by atoms with Gasteiger partial charge in [-0.1, -0.05) is 5.21 Å². The van der Waals surface area contributed by atoms with Gasteiger partial charge < -0.3 is 10.2 Å². The van der Waals surface area contributed by atoms with Gasteiger partial charge in [-0.3, -0.25) is 14.6 Å². The number of aromatic nitrogens is 4. The molecule has 2 amide bonds. The van der Waals surface area contributed by atoms with Gasteiger partial charge in [-0.05, 0) is 18.6 Å². The number of nitrogens with zero attached hydrogens (tertiary/aromatic N) is 5. The van der Waals surface area contributed by atoms with Gasteiger partial charge in [0.05, 0.1) is 36.1 Å². The molecular formula is C16H19ClN6O4S. The Bertz CT molecular complexity index is 949. The predicted molar refractivity (Wildman–Crippen MR) is 101 cm³/mol. The van der Waals surface area contributed by atoms with Crippen molar-refractivity contribution in [3.05, 3.63) is 36.4 Å². The summed E-state index contributed by atoms with van der Waals surface area (Å²) in [7, 11) is -3.15. The molecule has 150 valence electrons. The molecule has 1 unspecified atom stereocenters. The highest BCUT2D eigenvalue weighted by Gasteiger charge is 2.34. The van der Waals surface area contributed by atoms with E-state index in [0.717, 1.165) is 0 Å². The number of halogens is 1. The zero-order valence-electron chi connectivity index (χ0n) is 14.9. The van der Waals surface area contributed by atoms with Crippen LogP contribution < -0.4 is 5.32 Å². The molecule has 1 aliphatic heterocycles. The number of hydrogen-bond donors (Lipinski definition) is 1. The van der Waals surface area contributed by atoms with Crippen LogP contribution in [-0.2, 0) is 32.5 Å². The molecule has 0 bridgehead atoms. The summed E-state index contributed by atoms with van der Waals surface area (Å²) in [4.78, 5) is 29.6. The first-order chi connectivity index (χ1) is 13.4. The lowest BCUT2D eigenvalue weighted by molar-refractivity contribution is -0.131. The highest BCUT2D eigenvalue weighted by molar-refractivity contribution is 7.91. The van der Waals surface area contributed by atoms with E-state index >= 15 is 0 Å². The standard InChI is InChI=1S/C16H19ClN6O4S/c17-6-16(25)23(14-3-5-28(26,27)11-14)9-13-8-22(21-20-13)10-15(24)19-12-2-1-4-18-7-12/h1-2,4,7-8,14H,3,5-6,9-11H2,(H,19,24). The first-order valence-corrected chi connectivity index (χ1v) is 10.9. The number of sulfone groups is 1. The minimum absolute atomic E-state index is 0.0466. The molecule has 3 rings (SSSR count). The van der Waals surface area contributed by atoms with Crippen molar-refractivity contribution in [3.63, 3.8) is 0 Å². The lowest BCUT2D eigenvalue weighted by atomic mass is 10.2. The van der Waals surface area contributed by atoms with Crippen LogP contribution in [0.25, 0.3) is 0 Å². The molecule has 12 heteroatoms. The third-order valence-electron chi connectivity index (χ3n) is 4.25. The molecular weight excluding hydrogens is 408 g/mol. The number of amides is 2. The average molecular weight is 427 g/mol. The van der Waals surface area contributed by atoms with E-state index in [-0.39, 0.29) is 42.3 Å². The molecule has 10 nitrogen and oxygen atoms in total. The second-order valence-corrected chi connectivity index (χ2v) is 8.91. The maximum Gasteiger partial charge on any atom is 0.246 e. The SMILES string of the molecule is O=C(Cn1cc(CN(C(=O)CCl)C2CCS(=O)(=O)C2)nn1)Nc1cccnc1. The molecule has 0 spiro atoms. The van der Waals surface area contributed by atoms with Gasteiger partial charge >= 0.3 is 0 Å². The number of carbonyl (C=O) groups excluding carboxylic acids is 2. The average Bonchev–Trinajstić information content (AvgIpc) is 3.25. The van der Waals surface area contributed by atoms with E-state index in [1.54, 1.807) is 24.5 Å². The maximum absolute atomic E-state index is 12.2. The summed E-state index contributed by atoms with van der Waals surface area (Å²) in [5.41, 5.74) is 1.01. The molecule has 3 heterocycles. The normalized spacial score (nSPS) is 18.0. The van der Waals surface area contributed by atoms with Crippen molar-refractivity contribution in [3.8, 4) is 0 Å². The molecule has 0 aliphatic carbocycles. The third kappa shape index (κ3) is 5.26. The molecule has 1 saturated heterocycles. The van der Waals surface area contributed by atoms with Crippen LogP contribution in [0.5, 0.6) is 0 Å². The van der Waals surface area contributed by atoms with E-state index in [4.69, 9.17) is 11.6 Å². The van der Waals surface area contributed by atoms with E-state index in [9.17, 15) is 18.0 Å². The van der Waals surface area contributed by atoms with Crippen molar-refractivity contribution in [1.82, 2.24) is 24.9 Å². The van der Waals surface area contributed by atoms with Crippen molar-refractivity contribution in [2.24, 2.45) is 0 Å². The van der Waals surface area contributed by atoms with Gasteiger partial charge in [0, 0.05) is 12.2 Å². The highest BCUT2D eigenvalue weighted by atomic mass is 35.5. The molecule has 0 aromatic carbocycles. The third-order valence-corrected chi connectivity index (χ3v) is 6.23. The minimum atomic E-state index is -3.15. The van der Waals surface area contributed by atoms with Gasteiger partial charge in [0.1, 0.15) is 18.1 Å². The van der Waals surface area contributed by atoms with Crippen LogP contribution in [0.4, 0.5) is 5.69 Å². The number of carbonyl (C=O) groups is 2. The number of alkyl halides is 1. The monoisotopic (exact) mass is 426 g/mol. The van der Waals surface area contributed by atoms with Crippen LogP contribution in [0.1, 0.15) is 12.1 Å². The first-order valence-electron chi connectivity index (χ1n) is 8.51. The molecule has 2 aromatic rings. The van der Waals surface area contributed by atoms with Crippen LogP contribution >= 0.6 is 11.6 Å². The fourth-order valence-corrected chi connectivity index (χ4v) is 4.85. The van der Waals surface area contributed by atoms with Gasteiger partial charge in [0.25, 0.3) is 0 Å². The van der Waals surface area contributed by atoms with E-state index in [1.165, 1.54) is 15.8 Å². The molecule has 1 atom stereocenters. The van der Waals surface area contributed by atoms with Crippen LogP contribution in [0.15, 0.2) is 30.7 Å². The summed E-state index contributed by atoms with van der Waals surface area (Å²) in [6.45, 7) is 0.0130. The molecule has 0 saturated carbocycles. The van der Waals surface area contributed by atoms with Gasteiger partial charge in [0.2, 0.25) is 11.8 Å². The lowest BCUT2D eigenvalue weighted by Gasteiger charge is -2.26. The first kappa shape index (κ1) is 20.2. The summed E-state index contributed by atoms with van der Waals surface area (Å²) < 4.78 is 24.8. The van der Waals surface area contributed by atoms with E-state index < -0.39 is 15.9 Å². The Morgan fingerprint density at radius 1 is 1.39 bits per heavy atom. The predicted octanol–water partition coefficient (Wildman–Crippen LogP) is 0.0663. The Kier molecular flexibility index (Phi) is 6.25. The second-order valence-electron chi connectivity index (χ2n) is 6.41. The van der Waals surface area contributed by atoms with Crippen molar-refractivity contribution in [2.75, 3.05) is 22.7 Å². The number of pyridine rings is 1. The molecule has 1 aliphatic rings. The summed E-state index contributed by atoms with van der Waals surface area (Å²) >= 11 is 5.67. The number of hydrogen-bond acceptors (Lipinski definition) is 7. The number of nitrogens with one attached hydrogen (secondary N) is 1. The molecule has 1 N–H and O–H groups in total. The van der Waals surface area contributed by atoms with Crippen LogP contribution in [0.2, 0.25) is 0 Å². The maximum atomic E-state index is 12.2.